The fourth-order valence-corrected chi connectivity index (χ4v) is 1.79. The molecule has 3 N–H and O–H groups in total. The van der Waals surface area contributed by atoms with Crippen LogP contribution in [0.4, 0.5) is 5.69 Å². The highest BCUT2D eigenvalue weighted by atomic mass is 16.1. The number of rotatable bonds is 4. The van der Waals surface area contributed by atoms with Crippen molar-refractivity contribution < 1.29 is 4.79 Å². The summed E-state index contributed by atoms with van der Waals surface area (Å²) in [6.45, 7) is 2.80. The quantitative estimate of drug-likeness (QED) is 0.855. The highest BCUT2D eigenvalue weighted by Gasteiger charge is 2.05. The number of carbonyl (C=O) groups is 1. The largest absolute Gasteiger partial charge is 0.330 e. The Morgan fingerprint density at radius 1 is 1.39 bits per heavy atom. The minimum absolute atomic E-state index is 0.0765. The Morgan fingerprint density at radius 2 is 2.11 bits per heavy atom. The fourth-order valence-electron chi connectivity index (χ4n) is 1.79. The first kappa shape index (κ1) is 12.3. The number of imidazole rings is 1. The van der Waals surface area contributed by atoms with E-state index >= 15 is 0 Å². The normalized spacial score (nSPS) is 10.3. The molecule has 94 valence electrons. The maximum atomic E-state index is 10.9. The standard InChI is InChI=1S/C13H16N4O/c1-10(18)16-12-4-2-11(3-5-12)13-15-7-9-17(13)8-6-14/h2-5,7,9H,6,8,14H2,1H3,(H,16,18). The molecule has 0 saturated carbocycles. The third-order valence-electron chi connectivity index (χ3n) is 2.55. The molecule has 0 atom stereocenters. The predicted octanol–water partition coefficient (Wildman–Crippen LogP) is 1.47. The van der Waals surface area contributed by atoms with Gasteiger partial charge in [0, 0.05) is 43.7 Å². The molecular formula is C13H16N4O. The van der Waals surface area contributed by atoms with Crippen LogP contribution in [-0.2, 0) is 11.3 Å². The number of nitrogens with one attached hydrogen (secondary N) is 1. The Bertz CT molecular complexity index is 530. The van der Waals surface area contributed by atoms with Crippen molar-refractivity contribution >= 4 is 11.6 Å². The molecule has 2 aromatic rings. The molecule has 1 amide bonds. The van der Waals surface area contributed by atoms with Crippen LogP contribution in [0.3, 0.4) is 0 Å². The highest BCUT2D eigenvalue weighted by molar-refractivity contribution is 5.88. The number of nitrogens with two attached hydrogens (primary N) is 1. The van der Waals surface area contributed by atoms with Crippen LogP contribution in [0.1, 0.15) is 6.92 Å². The Balaban J connectivity index is 2.23. The second-order valence-corrected chi connectivity index (χ2v) is 3.99. The average Bonchev–Trinajstić information content (AvgIpc) is 2.78. The maximum Gasteiger partial charge on any atom is 0.221 e. The Kier molecular flexibility index (Phi) is 3.74. The number of anilines is 1. The zero-order valence-corrected chi connectivity index (χ0v) is 10.3. The molecule has 0 unspecified atom stereocenters. The van der Waals surface area contributed by atoms with Gasteiger partial charge in [-0.1, -0.05) is 0 Å². The highest BCUT2D eigenvalue weighted by Crippen LogP contribution is 2.19. The first-order valence-electron chi connectivity index (χ1n) is 5.80. The van der Waals surface area contributed by atoms with Gasteiger partial charge in [-0.05, 0) is 24.3 Å². The monoisotopic (exact) mass is 244 g/mol. The smallest absolute Gasteiger partial charge is 0.221 e. The van der Waals surface area contributed by atoms with E-state index < -0.39 is 0 Å². The van der Waals surface area contributed by atoms with Crippen LogP contribution in [0.2, 0.25) is 0 Å². The van der Waals surface area contributed by atoms with E-state index in [0.717, 1.165) is 23.6 Å². The van der Waals surface area contributed by atoms with Crippen molar-refractivity contribution in [3.8, 4) is 11.4 Å². The zero-order valence-electron chi connectivity index (χ0n) is 10.3. The number of hydrogen-bond acceptors (Lipinski definition) is 3. The third kappa shape index (κ3) is 2.75. The van der Waals surface area contributed by atoms with Gasteiger partial charge in [-0.3, -0.25) is 4.79 Å². The molecule has 2 rings (SSSR count). The van der Waals surface area contributed by atoms with E-state index in [1.807, 2.05) is 35.0 Å². The van der Waals surface area contributed by atoms with Gasteiger partial charge < -0.3 is 15.6 Å². The molecule has 5 nitrogen and oxygen atoms in total. The molecule has 1 aromatic carbocycles. The van der Waals surface area contributed by atoms with Crippen LogP contribution in [0.15, 0.2) is 36.7 Å². The van der Waals surface area contributed by atoms with E-state index in [4.69, 9.17) is 5.73 Å². The van der Waals surface area contributed by atoms with Crippen molar-refractivity contribution in [2.45, 2.75) is 13.5 Å². The Hall–Kier alpha value is -2.14. The molecule has 0 aliphatic carbocycles. The van der Waals surface area contributed by atoms with Crippen LogP contribution in [0.5, 0.6) is 0 Å². The summed E-state index contributed by atoms with van der Waals surface area (Å²) in [4.78, 5) is 15.2. The van der Waals surface area contributed by atoms with Crippen LogP contribution in [-0.4, -0.2) is 22.0 Å². The minimum Gasteiger partial charge on any atom is -0.330 e. The molecule has 0 saturated heterocycles. The molecule has 5 heteroatoms. The third-order valence-corrected chi connectivity index (χ3v) is 2.55. The number of hydrogen-bond donors (Lipinski definition) is 2. The molecule has 0 aliphatic rings. The van der Waals surface area contributed by atoms with Gasteiger partial charge in [0.1, 0.15) is 5.82 Å². The average molecular weight is 244 g/mol. The zero-order chi connectivity index (χ0) is 13.0. The second kappa shape index (κ2) is 5.46. The SMILES string of the molecule is CC(=O)Nc1ccc(-c2nccn2CCN)cc1. The minimum atomic E-state index is -0.0765. The van der Waals surface area contributed by atoms with Crippen molar-refractivity contribution in [2.24, 2.45) is 5.73 Å². The molecule has 0 fully saturated rings. The van der Waals surface area contributed by atoms with E-state index in [1.165, 1.54) is 6.92 Å². The van der Waals surface area contributed by atoms with Gasteiger partial charge >= 0.3 is 0 Å². The number of nitrogens with zero attached hydrogens (tertiary/aromatic N) is 2. The van der Waals surface area contributed by atoms with Crippen molar-refractivity contribution in [3.63, 3.8) is 0 Å². The number of amides is 1. The first-order chi connectivity index (χ1) is 8.70. The first-order valence-corrected chi connectivity index (χ1v) is 5.80. The summed E-state index contributed by atoms with van der Waals surface area (Å²) >= 11 is 0. The van der Waals surface area contributed by atoms with E-state index in [0.29, 0.717) is 6.54 Å². The molecule has 0 spiro atoms. The second-order valence-electron chi connectivity index (χ2n) is 3.99. The van der Waals surface area contributed by atoms with Gasteiger partial charge in [0.2, 0.25) is 5.91 Å². The van der Waals surface area contributed by atoms with Crippen LogP contribution in [0.25, 0.3) is 11.4 Å². The summed E-state index contributed by atoms with van der Waals surface area (Å²) in [6, 6.07) is 7.58. The van der Waals surface area contributed by atoms with Crippen LogP contribution < -0.4 is 11.1 Å². The Labute approximate surface area is 106 Å². The summed E-state index contributed by atoms with van der Waals surface area (Å²) in [5.41, 5.74) is 7.33. The van der Waals surface area contributed by atoms with Gasteiger partial charge in [-0.25, -0.2) is 4.98 Å². The lowest BCUT2D eigenvalue weighted by Crippen LogP contribution is -2.10. The Morgan fingerprint density at radius 3 is 2.72 bits per heavy atom. The maximum absolute atomic E-state index is 10.9. The topological polar surface area (TPSA) is 72.9 Å². The van der Waals surface area contributed by atoms with E-state index in [1.54, 1.807) is 6.20 Å². The molecule has 1 aromatic heterocycles. The molecule has 18 heavy (non-hydrogen) atoms. The lowest BCUT2D eigenvalue weighted by atomic mass is 10.2. The molecule has 0 bridgehead atoms. The summed E-state index contributed by atoms with van der Waals surface area (Å²) < 4.78 is 2.01. The van der Waals surface area contributed by atoms with E-state index in [-0.39, 0.29) is 5.91 Å². The van der Waals surface area contributed by atoms with Crippen molar-refractivity contribution in [3.05, 3.63) is 36.7 Å². The predicted molar refractivity (Wildman–Crippen MR) is 71.0 cm³/mol. The van der Waals surface area contributed by atoms with Crippen LogP contribution in [0, 0.1) is 0 Å². The van der Waals surface area contributed by atoms with Gasteiger partial charge in [0.15, 0.2) is 0 Å². The fraction of sp³-hybridized carbons (Fsp3) is 0.231. The van der Waals surface area contributed by atoms with Crippen molar-refractivity contribution in [2.75, 3.05) is 11.9 Å². The number of benzene rings is 1. The molecule has 1 heterocycles. The molecule has 0 radical (unpaired) electrons. The lowest BCUT2D eigenvalue weighted by molar-refractivity contribution is -0.114. The van der Waals surface area contributed by atoms with Gasteiger partial charge in [0.25, 0.3) is 0 Å². The molecule has 0 aliphatic heterocycles. The van der Waals surface area contributed by atoms with Gasteiger partial charge in [-0.2, -0.15) is 0 Å². The van der Waals surface area contributed by atoms with Crippen molar-refractivity contribution in [1.82, 2.24) is 9.55 Å². The van der Waals surface area contributed by atoms with E-state index in [9.17, 15) is 4.79 Å². The summed E-state index contributed by atoms with van der Waals surface area (Å²) in [5.74, 6) is 0.808. The lowest BCUT2D eigenvalue weighted by Gasteiger charge is -2.07. The summed E-state index contributed by atoms with van der Waals surface area (Å²) in [6.07, 6.45) is 3.66. The number of aromatic nitrogens is 2. The van der Waals surface area contributed by atoms with Gasteiger partial charge in [-0.15, -0.1) is 0 Å². The summed E-state index contributed by atoms with van der Waals surface area (Å²) in [5, 5.41) is 2.73. The number of carbonyl (C=O) groups excluding carboxylic acids is 1. The van der Waals surface area contributed by atoms with E-state index in [2.05, 4.69) is 10.3 Å². The molecular weight excluding hydrogens is 228 g/mol. The van der Waals surface area contributed by atoms with Crippen molar-refractivity contribution in [1.29, 1.82) is 0 Å². The van der Waals surface area contributed by atoms with Crippen LogP contribution >= 0.6 is 0 Å². The van der Waals surface area contributed by atoms with Gasteiger partial charge in [0.05, 0.1) is 0 Å². The summed E-state index contributed by atoms with van der Waals surface area (Å²) in [7, 11) is 0.